The molecule has 0 radical (unpaired) electrons. The maximum atomic E-state index is 12.7. The normalized spacial score (nSPS) is 11.0. The first kappa shape index (κ1) is 28.3. The fourth-order valence-electron chi connectivity index (χ4n) is 3.89. The summed E-state index contributed by atoms with van der Waals surface area (Å²) in [5, 5.41) is 2.59. The second-order valence-corrected chi connectivity index (χ2v) is 10.5. The van der Waals surface area contributed by atoms with Gasteiger partial charge in [0.1, 0.15) is 6.54 Å². The van der Waals surface area contributed by atoms with Gasteiger partial charge in [0.25, 0.3) is 5.56 Å². The van der Waals surface area contributed by atoms with Gasteiger partial charge in [0, 0.05) is 18.0 Å². The van der Waals surface area contributed by atoms with Crippen molar-refractivity contribution in [2.45, 2.75) is 20.4 Å². The highest BCUT2D eigenvalue weighted by molar-refractivity contribution is 7.75. The van der Waals surface area contributed by atoms with Crippen LogP contribution in [0.5, 0.6) is 0 Å². The van der Waals surface area contributed by atoms with Gasteiger partial charge in [-0.25, -0.2) is 30.2 Å². The third-order valence-electron chi connectivity index (χ3n) is 5.81. The summed E-state index contributed by atoms with van der Waals surface area (Å²) in [7, 11) is -6.59. The molecule has 0 aliphatic carbocycles. The molecule has 208 valence electrons. The van der Waals surface area contributed by atoms with Gasteiger partial charge >= 0.3 is 5.69 Å². The second kappa shape index (κ2) is 12.0. The number of carbonyl (C=O) groups is 1. The van der Waals surface area contributed by atoms with Crippen molar-refractivity contribution in [1.29, 1.82) is 0 Å². The van der Waals surface area contributed by atoms with Gasteiger partial charge in [-0.1, -0.05) is 35.4 Å². The SMILES string of the molecule is Cc1ccc(N(c2ccc(NC(=O)Cn3ccc(=O)[nH]c3=O)cc2N(c2ccc(C)cc2)[SH](=O)=O)[SH](=O)=O)cc1. The van der Waals surface area contributed by atoms with Crippen LogP contribution in [0.25, 0.3) is 0 Å². The van der Waals surface area contributed by atoms with E-state index in [-0.39, 0.29) is 28.4 Å². The highest BCUT2D eigenvalue weighted by atomic mass is 32.2. The molecule has 0 saturated carbocycles. The highest BCUT2D eigenvalue weighted by Gasteiger charge is 2.23. The molecule has 14 heteroatoms. The largest absolute Gasteiger partial charge is 0.328 e. The fourth-order valence-corrected chi connectivity index (χ4v) is 5.21. The van der Waals surface area contributed by atoms with Crippen LogP contribution in [0.4, 0.5) is 28.4 Å². The predicted octanol–water partition coefficient (Wildman–Crippen LogP) is 2.12. The number of hydrogen-bond acceptors (Lipinski definition) is 7. The molecule has 0 aliphatic rings. The number of rotatable bonds is 9. The Kier molecular flexibility index (Phi) is 8.50. The van der Waals surface area contributed by atoms with Crippen LogP contribution in [0.1, 0.15) is 11.1 Å². The van der Waals surface area contributed by atoms with E-state index in [2.05, 4.69) is 10.3 Å². The molecule has 0 bridgehead atoms. The Bertz CT molecular complexity index is 1810. The minimum Gasteiger partial charge on any atom is -0.324 e. The average molecular weight is 584 g/mol. The minimum absolute atomic E-state index is 0.0228. The molecular formula is C26H25N5O7S2. The van der Waals surface area contributed by atoms with Crippen molar-refractivity contribution in [2.24, 2.45) is 0 Å². The van der Waals surface area contributed by atoms with E-state index in [1.807, 2.05) is 13.8 Å². The summed E-state index contributed by atoms with van der Waals surface area (Å²) >= 11 is 0. The van der Waals surface area contributed by atoms with E-state index in [0.717, 1.165) is 30.4 Å². The van der Waals surface area contributed by atoms with E-state index >= 15 is 0 Å². The van der Waals surface area contributed by atoms with Crippen molar-refractivity contribution >= 4 is 56.1 Å². The molecule has 0 atom stereocenters. The van der Waals surface area contributed by atoms with Crippen molar-refractivity contribution in [3.05, 3.63) is 111 Å². The van der Waals surface area contributed by atoms with E-state index in [9.17, 15) is 31.2 Å². The highest BCUT2D eigenvalue weighted by Crippen LogP contribution is 2.40. The Balaban J connectivity index is 1.83. The zero-order valence-corrected chi connectivity index (χ0v) is 23.1. The van der Waals surface area contributed by atoms with Crippen LogP contribution >= 0.6 is 0 Å². The summed E-state index contributed by atoms with van der Waals surface area (Å²) in [6.07, 6.45) is 1.17. The molecule has 12 nitrogen and oxygen atoms in total. The van der Waals surface area contributed by atoms with E-state index in [1.54, 1.807) is 48.5 Å². The number of hydrogen-bond donors (Lipinski definition) is 4. The molecular weight excluding hydrogens is 558 g/mol. The lowest BCUT2D eigenvalue weighted by molar-refractivity contribution is -0.116. The number of aromatic amines is 1. The first-order valence-corrected chi connectivity index (χ1v) is 14.1. The van der Waals surface area contributed by atoms with Crippen LogP contribution in [0.2, 0.25) is 0 Å². The number of anilines is 5. The van der Waals surface area contributed by atoms with Gasteiger partial charge in [0.2, 0.25) is 27.7 Å². The number of aryl methyl sites for hydroxylation is 2. The standard InChI is InChI=1S/C26H25N5O7S2/c1-17-3-8-20(9-4-17)30(39(35)36)22-12-7-19(27-25(33)16-29-14-13-24(32)28-26(29)34)15-23(22)31(40(37)38)21-10-5-18(2)6-11-21/h3-15,39-40H,16H2,1-2H3,(H,27,33)(H,28,32,34). The first-order chi connectivity index (χ1) is 19.0. The van der Waals surface area contributed by atoms with Crippen LogP contribution in [0, 0.1) is 13.8 Å². The number of nitrogens with one attached hydrogen (secondary N) is 2. The summed E-state index contributed by atoms with van der Waals surface area (Å²) in [4.78, 5) is 38.0. The summed E-state index contributed by atoms with van der Waals surface area (Å²) in [5.41, 5.74) is 1.04. The van der Waals surface area contributed by atoms with Crippen molar-refractivity contribution in [2.75, 3.05) is 13.9 Å². The zero-order chi connectivity index (χ0) is 29.0. The lowest BCUT2D eigenvalue weighted by Crippen LogP contribution is -2.32. The monoisotopic (exact) mass is 583 g/mol. The summed E-state index contributed by atoms with van der Waals surface area (Å²) in [6.45, 7) is 3.24. The lowest BCUT2D eigenvalue weighted by Gasteiger charge is -2.27. The van der Waals surface area contributed by atoms with Crippen LogP contribution in [0.3, 0.4) is 0 Å². The number of thiol groups is 2. The molecule has 1 amide bonds. The molecule has 0 unspecified atom stereocenters. The molecule has 4 rings (SSSR count). The molecule has 4 aromatic rings. The number of nitrogens with zero attached hydrogens (tertiary/aromatic N) is 3. The van der Waals surface area contributed by atoms with Crippen LogP contribution in [-0.4, -0.2) is 32.3 Å². The van der Waals surface area contributed by atoms with Gasteiger partial charge in [-0.15, -0.1) is 0 Å². The molecule has 40 heavy (non-hydrogen) atoms. The third-order valence-corrected chi connectivity index (χ3v) is 7.36. The van der Waals surface area contributed by atoms with Gasteiger partial charge in [-0.2, -0.15) is 0 Å². The van der Waals surface area contributed by atoms with Gasteiger partial charge in [-0.05, 0) is 56.3 Å². The van der Waals surface area contributed by atoms with Gasteiger partial charge in [0.15, 0.2) is 0 Å². The number of benzene rings is 3. The third kappa shape index (κ3) is 6.47. The number of carbonyl (C=O) groups excluding carboxylic acids is 1. The van der Waals surface area contributed by atoms with E-state index in [4.69, 9.17) is 0 Å². The van der Waals surface area contributed by atoms with Crippen molar-refractivity contribution in [3.8, 4) is 0 Å². The van der Waals surface area contributed by atoms with E-state index < -0.39 is 45.5 Å². The first-order valence-electron chi connectivity index (χ1n) is 11.8. The molecule has 0 fully saturated rings. The van der Waals surface area contributed by atoms with Gasteiger partial charge in [-0.3, -0.25) is 19.1 Å². The molecule has 0 spiro atoms. The van der Waals surface area contributed by atoms with E-state index in [1.165, 1.54) is 24.4 Å². The van der Waals surface area contributed by atoms with Crippen LogP contribution in [-0.2, 0) is 33.1 Å². The van der Waals surface area contributed by atoms with E-state index in [0.29, 0.717) is 0 Å². The van der Waals surface area contributed by atoms with Crippen LogP contribution in [0.15, 0.2) is 88.6 Å². The Labute approximate surface area is 232 Å². The lowest BCUT2D eigenvalue weighted by atomic mass is 10.1. The van der Waals surface area contributed by atoms with Crippen LogP contribution < -0.4 is 25.2 Å². The number of amides is 1. The smallest absolute Gasteiger partial charge is 0.324 e. The van der Waals surface area contributed by atoms with Crippen molar-refractivity contribution in [1.82, 2.24) is 9.55 Å². The summed E-state index contributed by atoms with van der Waals surface area (Å²) in [5.74, 6) is -0.647. The minimum atomic E-state index is -3.32. The topological polar surface area (TPSA) is 159 Å². The fraction of sp³-hybridized carbons (Fsp3) is 0.115. The quantitative estimate of drug-likeness (QED) is 0.220. The van der Waals surface area contributed by atoms with Gasteiger partial charge in [0.05, 0.1) is 22.7 Å². The molecule has 0 aliphatic heterocycles. The number of aromatic nitrogens is 2. The summed E-state index contributed by atoms with van der Waals surface area (Å²) in [6, 6.07) is 18.4. The number of H-pyrrole nitrogens is 1. The second-order valence-electron chi connectivity index (χ2n) is 8.76. The maximum Gasteiger partial charge on any atom is 0.328 e. The molecule has 1 aromatic heterocycles. The van der Waals surface area contributed by atoms with Crippen molar-refractivity contribution < 1.29 is 21.6 Å². The predicted molar refractivity (Wildman–Crippen MR) is 154 cm³/mol. The Morgan fingerprint density at radius 2 is 1.30 bits per heavy atom. The molecule has 0 saturated heterocycles. The molecule has 2 N–H and O–H groups in total. The Morgan fingerprint density at radius 3 is 1.80 bits per heavy atom. The van der Waals surface area contributed by atoms with Crippen molar-refractivity contribution in [3.63, 3.8) is 0 Å². The zero-order valence-electron chi connectivity index (χ0n) is 21.3. The summed E-state index contributed by atoms with van der Waals surface area (Å²) < 4.78 is 53.1. The Morgan fingerprint density at radius 1 is 0.775 bits per heavy atom. The Hall–Kier alpha value is -4.69. The molecule has 3 aromatic carbocycles. The average Bonchev–Trinajstić information content (AvgIpc) is 2.89. The van der Waals surface area contributed by atoms with Gasteiger partial charge < -0.3 is 5.32 Å². The molecule has 1 heterocycles. The maximum absolute atomic E-state index is 12.7.